The Morgan fingerprint density at radius 3 is 2.62 bits per heavy atom. The molecule has 1 aromatic rings. The molecule has 0 unspecified atom stereocenters. The molecule has 16 heavy (non-hydrogen) atoms. The molecule has 3 nitrogen and oxygen atoms in total. The second-order valence-electron chi connectivity index (χ2n) is 3.93. The van der Waals surface area contributed by atoms with Gasteiger partial charge in [-0.1, -0.05) is 24.6 Å². The fourth-order valence-electron chi connectivity index (χ4n) is 1.60. The molecule has 2 N–H and O–H groups in total. The number of carbonyl (C=O) groups excluding carboxylic acids is 1. The number of aryl methyl sites for hydroxylation is 2. The van der Waals surface area contributed by atoms with Crippen LogP contribution in [0, 0.1) is 13.8 Å². The first-order chi connectivity index (χ1) is 7.65. The number of carbonyl (C=O) groups is 1. The number of likely N-dealkylation sites (N-methyl/N-ethyl adjacent to an activating group) is 1. The second kappa shape index (κ2) is 6.28. The van der Waals surface area contributed by atoms with Crippen LogP contribution in [-0.2, 0) is 0 Å². The number of amides is 1. The van der Waals surface area contributed by atoms with Gasteiger partial charge in [-0.2, -0.15) is 0 Å². The Hall–Kier alpha value is -1.35. The Bertz CT molecular complexity index is 361. The van der Waals surface area contributed by atoms with Gasteiger partial charge in [-0.25, -0.2) is 0 Å². The SMILES string of the molecule is CCNCCNC(=O)c1ccc(C)cc1C. The predicted octanol–water partition coefficient (Wildman–Crippen LogP) is 1.64. The first-order valence-corrected chi connectivity index (χ1v) is 5.71. The van der Waals surface area contributed by atoms with Crippen molar-refractivity contribution < 1.29 is 4.79 Å². The molecule has 3 heteroatoms. The first kappa shape index (κ1) is 12.7. The fraction of sp³-hybridized carbons (Fsp3) is 0.462. The van der Waals surface area contributed by atoms with E-state index in [1.54, 1.807) is 0 Å². The number of benzene rings is 1. The lowest BCUT2D eigenvalue weighted by Gasteiger charge is -2.08. The molecular weight excluding hydrogens is 200 g/mol. The van der Waals surface area contributed by atoms with E-state index in [9.17, 15) is 4.79 Å². The summed E-state index contributed by atoms with van der Waals surface area (Å²) in [6.45, 7) is 8.45. The summed E-state index contributed by atoms with van der Waals surface area (Å²) in [6.07, 6.45) is 0. The molecule has 0 atom stereocenters. The minimum atomic E-state index is 0.00963. The average Bonchev–Trinajstić information content (AvgIpc) is 2.24. The number of hydrogen-bond acceptors (Lipinski definition) is 2. The molecule has 0 spiro atoms. The van der Waals surface area contributed by atoms with Gasteiger partial charge in [-0.15, -0.1) is 0 Å². The van der Waals surface area contributed by atoms with Crippen LogP contribution in [0.25, 0.3) is 0 Å². The van der Waals surface area contributed by atoms with Crippen LogP contribution >= 0.6 is 0 Å². The lowest BCUT2D eigenvalue weighted by molar-refractivity contribution is 0.0953. The topological polar surface area (TPSA) is 41.1 Å². The van der Waals surface area contributed by atoms with Gasteiger partial charge < -0.3 is 10.6 Å². The lowest BCUT2D eigenvalue weighted by atomic mass is 10.1. The van der Waals surface area contributed by atoms with Crippen LogP contribution in [0.2, 0.25) is 0 Å². The summed E-state index contributed by atoms with van der Waals surface area (Å²) in [5, 5.41) is 6.06. The highest BCUT2D eigenvalue weighted by Gasteiger charge is 2.07. The number of rotatable bonds is 5. The molecule has 1 amide bonds. The monoisotopic (exact) mass is 220 g/mol. The highest BCUT2D eigenvalue weighted by atomic mass is 16.1. The van der Waals surface area contributed by atoms with Crippen molar-refractivity contribution in [1.82, 2.24) is 10.6 Å². The Kier molecular flexibility index (Phi) is 4.99. The van der Waals surface area contributed by atoms with Crippen molar-refractivity contribution in [3.63, 3.8) is 0 Å². The molecule has 1 rings (SSSR count). The van der Waals surface area contributed by atoms with Crippen molar-refractivity contribution >= 4 is 5.91 Å². The van der Waals surface area contributed by atoms with Crippen molar-refractivity contribution in [3.8, 4) is 0 Å². The summed E-state index contributed by atoms with van der Waals surface area (Å²) < 4.78 is 0. The van der Waals surface area contributed by atoms with E-state index in [0.29, 0.717) is 6.54 Å². The molecular formula is C13H20N2O. The molecule has 0 radical (unpaired) electrons. The third kappa shape index (κ3) is 3.66. The first-order valence-electron chi connectivity index (χ1n) is 5.71. The number of nitrogens with one attached hydrogen (secondary N) is 2. The molecule has 1 aromatic carbocycles. The van der Waals surface area contributed by atoms with Crippen LogP contribution < -0.4 is 10.6 Å². The van der Waals surface area contributed by atoms with Crippen molar-refractivity contribution in [2.24, 2.45) is 0 Å². The minimum absolute atomic E-state index is 0.00963. The molecule has 0 aliphatic carbocycles. The van der Waals surface area contributed by atoms with E-state index in [2.05, 4.69) is 10.6 Å². The quantitative estimate of drug-likeness (QED) is 0.741. The fourth-order valence-corrected chi connectivity index (χ4v) is 1.60. The average molecular weight is 220 g/mol. The van der Waals surface area contributed by atoms with Crippen LogP contribution in [0.3, 0.4) is 0 Å². The van der Waals surface area contributed by atoms with Crippen molar-refractivity contribution in [2.45, 2.75) is 20.8 Å². The molecule has 0 aliphatic rings. The predicted molar refractivity (Wildman–Crippen MR) is 66.8 cm³/mol. The Balaban J connectivity index is 2.53. The van der Waals surface area contributed by atoms with Crippen LogP contribution in [0.4, 0.5) is 0 Å². The normalized spacial score (nSPS) is 10.2. The minimum Gasteiger partial charge on any atom is -0.351 e. The number of hydrogen-bond donors (Lipinski definition) is 2. The van der Waals surface area contributed by atoms with E-state index in [4.69, 9.17) is 0 Å². The van der Waals surface area contributed by atoms with E-state index in [1.165, 1.54) is 5.56 Å². The van der Waals surface area contributed by atoms with Gasteiger partial charge in [0.2, 0.25) is 0 Å². The van der Waals surface area contributed by atoms with E-state index in [1.807, 2.05) is 39.0 Å². The van der Waals surface area contributed by atoms with Gasteiger partial charge in [0.25, 0.3) is 5.91 Å². The molecule has 88 valence electrons. The maximum absolute atomic E-state index is 11.8. The van der Waals surface area contributed by atoms with Crippen LogP contribution in [0.1, 0.15) is 28.4 Å². The lowest BCUT2D eigenvalue weighted by Crippen LogP contribution is -2.32. The maximum atomic E-state index is 11.8. The molecule has 0 saturated carbocycles. The second-order valence-corrected chi connectivity index (χ2v) is 3.93. The van der Waals surface area contributed by atoms with Crippen molar-refractivity contribution in [3.05, 3.63) is 34.9 Å². The molecule has 0 aromatic heterocycles. The summed E-state index contributed by atoms with van der Waals surface area (Å²) in [7, 11) is 0. The van der Waals surface area contributed by atoms with E-state index in [-0.39, 0.29) is 5.91 Å². The zero-order valence-corrected chi connectivity index (χ0v) is 10.3. The van der Waals surface area contributed by atoms with Gasteiger partial charge in [0, 0.05) is 18.7 Å². The Labute approximate surface area is 97.2 Å². The van der Waals surface area contributed by atoms with E-state index < -0.39 is 0 Å². The van der Waals surface area contributed by atoms with Crippen molar-refractivity contribution in [2.75, 3.05) is 19.6 Å². The van der Waals surface area contributed by atoms with Gasteiger partial charge in [0.1, 0.15) is 0 Å². The smallest absolute Gasteiger partial charge is 0.251 e. The molecule has 0 bridgehead atoms. The van der Waals surface area contributed by atoms with Crippen molar-refractivity contribution in [1.29, 1.82) is 0 Å². The van der Waals surface area contributed by atoms with Gasteiger partial charge in [0.05, 0.1) is 0 Å². The summed E-state index contributed by atoms with van der Waals surface area (Å²) in [5.41, 5.74) is 2.98. The molecule has 0 saturated heterocycles. The Morgan fingerprint density at radius 2 is 2.00 bits per heavy atom. The van der Waals surface area contributed by atoms with E-state index >= 15 is 0 Å². The zero-order chi connectivity index (χ0) is 12.0. The highest BCUT2D eigenvalue weighted by molar-refractivity contribution is 5.95. The van der Waals surface area contributed by atoms with Crippen LogP contribution in [0.15, 0.2) is 18.2 Å². The third-order valence-electron chi connectivity index (χ3n) is 2.46. The summed E-state index contributed by atoms with van der Waals surface area (Å²) in [5.74, 6) is 0.00963. The maximum Gasteiger partial charge on any atom is 0.251 e. The molecule has 0 aliphatic heterocycles. The van der Waals surface area contributed by atoms with Gasteiger partial charge in [0.15, 0.2) is 0 Å². The Morgan fingerprint density at radius 1 is 1.25 bits per heavy atom. The van der Waals surface area contributed by atoms with Gasteiger partial charge in [-0.3, -0.25) is 4.79 Å². The third-order valence-corrected chi connectivity index (χ3v) is 2.46. The molecule has 0 heterocycles. The summed E-state index contributed by atoms with van der Waals surface area (Å²) >= 11 is 0. The van der Waals surface area contributed by atoms with Gasteiger partial charge >= 0.3 is 0 Å². The largest absolute Gasteiger partial charge is 0.351 e. The van der Waals surface area contributed by atoms with E-state index in [0.717, 1.165) is 24.2 Å². The van der Waals surface area contributed by atoms with Crippen LogP contribution in [-0.4, -0.2) is 25.5 Å². The summed E-state index contributed by atoms with van der Waals surface area (Å²) in [6, 6.07) is 5.87. The summed E-state index contributed by atoms with van der Waals surface area (Å²) in [4.78, 5) is 11.8. The molecule has 0 fully saturated rings. The zero-order valence-electron chi connectivity index (χ0n) is 10.3. The van der Waals surface area contributed by atoms with Crippen LogP contribution in [0.5, 0.6) is 0 Å². The van der Waals surface area contributed by atoms with Gasteiger partial charge in [-0.05, 0) is 32.0 Å². The highest BCUT2D eigenvalue weighted by Crippen LogP contribution is 2.09. The standard InChI is InChI=1S/C13H20N2O/c1-4-14-7-8-15-13(16)12-6-5-10(2)9-11(12)3/h5-6,9,14H,4,7-8H2,1-3H3,(H,15,16).